The van der Waals surface area contributed by atoms with Crippen molar-refractivity contribution in [3.05, 3.63) is 91.8 Å². The van der Waals surface area contributed by atoms with Gasteiger partial charge in [-0.2, -0.15) is 0 Å². The van der Waals surface area contributed by atoms with Crippen LogP contribution in [0.1, 0.15) is 52.7 Å². The lowest BCUT2D eigenvalue weighted by Crippen LogP contribution is -2.31. The lowest BCUT2D eigenvalue weighted by atomic mass is 9.97. The highest BCUT2D eigenvalue weighted by molar-refractivity contribution is 6.32. The normalized spacial score (nSPS) is 14.3. The van der Waals surface area contributed by atoms with Crippen LogP contribution in [-0.4, -0.2) is 44.8 Å². The second-order valence-corrected chi connectivity index (χ2v) is 10.1. The highest BCUT2D eigenvalue weighted by Crippen LogP contribution is 2.41. The van der Waals surface area contributed by atoms with Crippen molar-refractivity contribution in [1.82, 2.24) is 4.90 Å². The Labute approximate surface area is 243 Å². The molecule has 8 nitrogen and oxygen atoms in total. The summed E-state index contributed by atoms with van der Waals surface area (Å²) in [5, 5.41) is 0.783. The second kappa shape index (κ2) is 11.7. The van der Waals surface area contributed by atoms with E-state index in [0.717, 1.165) is 11.1 Å². The summed E-state index contributed by atoms with van der Waals surface area (Å²) in [7, 11) is 3.16. The van der Waals surface area contributed by atoms with Gasteiger partial charge >= 0.3 is 0 Å². The number of carbonyl (C=O) groups is 1. The molecule has 2 heterocycles. The van der Waals surface area contributed by atoms with Crippen molar-refractivity contribution in [2.24, 2.45) is 0 Å². The Hall–Kier alpha value is -4.17. The van der Waals surface area contributed by atoms with Crippen LogP contribution in [-0.2, 0) is 6.42 Å². The molecule has 1 amide bonds. The minimum atomic E-state index is -0.701. The fourth-order valence-electron chi connectivity index (χ4n) is 5.24. The molecule has 1 atom stereocenters. The Balaban J connectivity index is 1.63. The zero-order chi connectivity index (χ0) is 29.3. The fraction of sp³-hybridized carbons (Fsp3) is 0.312. The van der Waals surface area contributed by atoms with Crippen LogP contribution >= 0.6 is 11.6 Å². The Morgan fingerprint density at radius 2 is 1.59 bits per heavy atom. The van der Waals surface area contributed by atoms with Crippen LogP contribution < -0.4 is 24.4 Å². The first-order chi connectivity index (χ1) is 19.8. The minimum absolute atomic E-state index is 0.0355. The van der Waals surface area contributed by atoms with Gasteiger partial charge in [-0.05, 0) is 80.3 Å². The lowest BCUT2D eigenvalue weighted by molar-refractivity contribution is 0.0729. The van der Waals surface area contributed by atoms with Crippen LogP contribution in [0.3, 0.4) is 0 Å². The number of hydrogen-bond acceptors (Lipinski definition) is 7. The van der Waals surface area contributed by atoms with Gasteiger partial charge in [0.2, 0.25) is 5.76 Å². The number of fused-ring (bicyclic) bond motifs is 2. The molecule has 5 rings (SSSR count). The van der Waals surface area contributed by atoms with Crippen molar-refractivity contribution >= 4 is 28.5 Å². The fourth-order valence-corrected chi connectivity index (χ4v) is 5.41. The summed E-state index contributed by atoms with van der Waals surface area (Å²) >= 11 is 6.38. The molecular formula is C32H32ClNO7. The maximum absolute atomic E-state index is 14.0. The summed E-state index contributed by atoms with van der Waals surface area (Å²) in [4.78, 5) is 29.6. The zero-order valence-electron chi connectivity index (χ0n) is 23.7. The monoisotopic (exact) mass is 577 g/mol. The maximum atomic E-state index is 14.0. The van der Waals surface area contributed by atoms with E-state index in [1.165, 1.54) is 0 Å². The molecule has 0 saturated carbocycles. The zero-order valence-corrected chi connectivity index (χ0v) is 24.5. The molecule has 0 fully saturated rings. The summed E-state index contributed by atoms with van der Waals surface area (Å²) in [5.74, 6) is 2.02. The smallest absolute Gasteiger partial charge is 0.290 e. The molecule has 41 heavy (non-hydrogen) atoms. The molecule has 1 aromatic heterocycles. The molecule has 1 aliphatic heterocycles. The Kier molecular flexibility index (Phi) is 8.13. The standard InChI is InChI=1S/C32H32ClNO7/c1-6-39-24-11-9-20(16-27(24)40-7-2)29-28-30(35)21-17-22(33)18(3)14-25(21)41-31(28)32(36)34(29)13-12-19-8-10-23(37-4)26(15-19)38-5/h8-11,14-17,29H,6-7,12-13H2,1-5H3. The van der Waals surface area contributed by atoms with Crippen LogP contribution in [0.5, 0.6) is 23.0 Å². The van der Waals surface area contributed by atoms with E-state index >= 15 is 0 Å². The third-order valence-corrected chi connectivity index (χ3v) is 7.63. The van der Waals surface area contributed by atoms with Gasteiger partial charge in [-0.1, -0.05) is 23.7 Å². The van der Waals surface area contributed by atoms with Gasteiger partial charge < -0.3 is 28.3 Å². The molecule has 1 unspecified atom stereocenters. The van der Waals surface area contributed by atoms with E-state index in [9.17, 15) is 9.59 Å². The van der Waals surface area contributed by atoms with Gasteiger partial charge in [0, 0.05) is 11.6 Å². The Bertz CT molecular complexity index is 1680. The van der Waals surface area contributed by atoms with E-state index < -0.39 is 6.04 Å². The first-order valence-electron chi connectivity index (χ1n) is 13.5. The van der Waals surface area contributed by atoms with Crippen LogP contribution in [0.15, 0.2) is 57.7 Å². The van der Waals surface area contributed by atoms with E-state index in [1.54, 1.807) is 31.3 Å². The SMILES string of the molecule is CCOc1ccc(C2c3c(oc4cc(C)c(Cl)cc4c3=O)C(=O)N2CCc2ccc(OC)c(OC)c2)cc1OCC. The number of aryl methyl sites for hydroxylation is 1. The molecule has 0 radical (unpaired) electrons. The van der Waals surface area contributed by atoms with Crippen LogP contribution in [0.2, 0.25) is 5.02 Å². The number of amides is 1. The number of methoxy groups -OCH3 is 2. The van der Waals surface area contributed by atoms with Crippen molar-refractivity contribution in [3.63, 3.8) is 0 Å². The molecular weight excluding hydrogens is 546 g/mol. The second-order valence-electron chi connectivity index (χ2n) is 9.68. The van der Waals surface area contributed by atoms with Crippen LogP contribution in [0, 0.1) is 6.92 Å². The van der Waals surface area contributed by atoms with E-state index in [4.69, 9.17) is 35.0 Å². The number of halogens is 1. The van der Waals surface area contributed by atoms with E-state index in [-0.39, 0.29) is 22.7 Å². The molecule has 0 spiro atoms. The molecule has 0 aliphatic carbocycles. The van der Waals surface area contributed by atoms with Gasteiger partial charge in [0.15, 0.2) is 28.4 Å². The van der Waals surface area contributed by atoms with Gasteiger partial charge in [-0.25, -0.2) is 0 Å². The quantitative estimate of drug-likeness (QED) is 0.217. The summed E-state index contributed by atoms with van der Waals surface area (Å²) < 4.78 is 28.6. The van der Waals surface area contributed by atoms with Crippen molar-refractivity contribution < 1.29 is 28.2 Å². The predicted molar refractivity (Wildman–Crippen MR) is 157 cm³/mol. The lowest BCUT2D eigenvalue weighted by Gasteiger charge is -2.26. The van der Waals surface area contributed by atoms with Gasteiger partial charge in [-0.3, -0.25) is 9.59 Å². The van der Waals surface area contributed by atoms with Gasteiger partial charge in [0.05, 0.1) is 44.4 Å². The summed E-state index contributed by atoms with van der Waals surface area (Å²) in [6.07, 6.45) is 0.505. The predicted octanol–water partition coefficient (Wildman–Crippen LogP) is 6.36. The first kappa shape index (κ1) is 28.4. The van der Waals surface area contributed by atoms with E-state index in [1.807, 2.05) is 57.2 Å². The number of benzene rings is 3. The molecule has 9 heteroatoms. The largest absolute Gasteiger partial charge is 0.493 e. The van der Waals surface area contributed by atoms with Crippen molar-refractivity contribution in [3.8, 4) is 23.0 Å². The molecule has 4 aromatic rings. The molecule has 214 valence electrons. The van der Waals surface area contributed by atoms with Crippen LogP contribution in [0.4, 0.5) is 0 Å². The number of ether oxygens (including phenoxy) is 4. The number of hydrogen-bond donors (Lipinski definition) is 0. The van der Waals surface area contributed by atoms with Crippen molar-refractivity contribution in [2.45, 2.75) is 33.2 Å². The molecule has 3 aromatic carbocycles. The summed E-state index contributed by atoms with van der Waals surface area (Å²) in [5.41, 5.74) is 2.72. The van der Waals surface area contributed by atoms with Gasteiger partial charge in [0.1, 0.15) is 5.58 Å². The maximum Gasteiger partial charge on any atom is 0.290 e. The number of carbonyl (C=O) groups excluding carboxylic acids is 1. The summed E-state index contributed by atoms with van der Waals surface area (Å²) in [6, 6.07) is 13.7. The summed E-state index contributed by atoms with van der Waals surface area (Å²) in [6.45, 7) is 6.82. The Morgan fingerprint density at radius 1 is 0.878 bits per heavy atom. The first-order valence-corrected chi connectivity index (χ1v) is 13.9. The molecule has 1 aliphatic rings. The van der Waals surface area contributed by atoms with Crippen LogP contribution in [0.25, 0.3) is 11.0 Å². The Morgan fingerprint density at radius 3 is 2.29 bits per heavy atom. The van der Waals surface area contributed by atoms with E-state index in [2.05, 4.69) is 0 Å². The molecule has 0 saturated heterocycles. The third kappa shape index (κ3) is 5.20. The highest BCUT2D eigenvalue weighted by Gasteiger charge is 2.43. The topological polar surface area (TPSA) is 87.4 Å². The van der Waals surface area contributed by atoms with E-state index in [0.29, 0.717) is 70.7 Å². The van der Waals surface area contributed by atoms with Crippen molar-refractivity contribution in [1.29, 1.82) is 0 Å². The third-order valence-electron chi connectivity index (χ3n) is 7.22. The van der Waals surface area contributed by atoms with Gasteiger partial charge in [0.25, 0.3) is 5.91 Å². The highest BCUT2D eigenvalue weighted by atomic mass is 35.5. The van der Waals surface area contributed by atoms with Crippen molar-refractivity contribution in [2.75, 3.05) is 34.0 Å². The average molecular weight is 578 g/mol. The molecule has 0 N–H and O–H groups in total. The average Bonchev–Trinajstić information content (AvgIpc) is 3.25. The minimum Gasteiger partial charge on any atom is -0.493 e. The number of nitrogens with zero attached hydrogens (tertiary/aromatic N) is 1. The molecule has 0 bridgehead atoms. The van der Waals surface area contributed by atoms with Gasteiger partial charge in [-0.15, -0.1) is 0 Å². The number of rotatable bonds is 10.